The molecule has 1 fully saturated rings. The number of benzene rings is 2. The maximum absolute atomic E-state index is 13.0. The average Bonchev–Trinajstić information content (AvgIpc) is 2.69. The minimum Gasteiger partial charge on any atom is -0.336 e. The van der Waals surface area contributed by atoms with Crippen LogP contribution in [0, 0.1) is 6.92 Å². The second kappa shape index (κ2) is 8.86. The molecule has 0 atom stereocenters. The number of carbonyl (C=O) groups is 1. The molecule has 7 heteroatoms. The van der Waals surface area contributed by atoms with Crippen molar-refractivity contribution in [1.29, 1.82) is 0 Å². The van der Waals surface area contributed by atoms with E-state index in [0.29, 0.717) is 25.2 Å². The maximum Gasteiger partial charge on any atom is 0.254 e. The summed E-state index contributed by atoms with van der Waals surface area (Å²) < 4.78 is 27.0. The summed E-state index contributed by atoms with van der Waals surface area (Å²) >= 11 is 0. The second-order valence-electron chi connectivity index (χ2n) is 7.03. The van der Waals surface area contributed by atoms with Crippen molar-refractivity contribution in [3.05, 3.63) is 65.2 Å². The van der Waals surface area contributed by atoms with Gasteiger partial charge in [-0.15, -0.1) is 0 Å². The molecule has 1 amide bonds. The Hall–Kier alpha value is -2.22. The van der Waals surface area contributed by atoms with Gasteiger partial charge < -0.3 is 4.90 Å². The zero-order valence-electron chi connectivity index (χ0n) is 16.4. The van der Waals surface area contributed by atoms with E-state index in [4.69, 9.17) is 0 Å². The van der Waals surface area contributed by atoms with Crippen molar-refractivity contribution in [2.45, 2.75) is 25.3 Å². The van der Waals surface area contributed by atoms with E-state index in [1.807, 2.05) is 30.0 Å². The van der Waals surface area contributed by atoms with Gasteiger partial charge in [0.15, 0.2) is 0 Å². The lowest BCUT2D eigenvalue weighted by molar-refractivity contribution is 0.0627. The average molecular weight is 402 g/mol. The highest BCUT2D eigenvalue weighted by molar-refractivity contribution is 7.89. The van der Waals surface area contributed by atoms with E-state index < -0.39 is 10.0 Å². The van der Waals surface area contributed by atoms with E-state index in [-0.39, 0.29) is 10.8 Å². The zero-order valence-corrected chi connectivity index (χ0v) is 17.2. The van der Waals surface area contributed by atoms with Crippen LogP contribution in [0.25, 0.3) is 0 Å². The summed E-state index contributed by atoms with van der Waals surface area (Å²) in [4.78, 5) is 17.3. The van der Waals surface area contributed by atoms with E-state index in [2.05, 4.69) is 21.8 Å². The first kappa shape index (κ1) is 20.5. The molecule has 0 radical (unpaired) electrons. The standard InChI is InChI=1S/C21H27N3O3S/c1-3-22-28(26,27)19-10-9-17(2)20(15-19)21(25)24-13-11-23(12-14-24)16-18-7-5-4-6-8-18/h4-10,15,22H,3,11-14,16H2,1-2H3. The van der Waals surface area contributed by atoms with Crippen LogP contribution in [0.15, 0.2) is 53.4 Å². The predicted molar refractivity (Wildman–Crippen MR) is 110 cm³/mol. The summed E-state index contributed by atoms with van der Waals surface area (Å²) in [5, 5.41) is 0. The van der Waals surface area contributed by atoms with E-state index in [1.54, 1.807) is 19.1 Å². The van der Waals surface area contributed by atoms with Crippen molar-refractivity contribution in [3.8, 4) is 0 Å². The molecule has 1 aliphatic rings. The number of carbonyl (C=O) groups excluding carboxylic acids is 1. The van der Waals surface area contributed by atoms with E-state index >= 15 is 0 Å². The van der Waals surface area contributed by atoms with Gasteiger partial charge in [-0.05, 0) is 30.2 Å². The molecule has 0 aliphatic carbocycles. The quantitative estimate of drug-likeness (QED) is 0.806. The lowest BCUT2D eigenvalue weighted by Crippen LogP contribution is -2.48. The van der Waals surface area contributed by atoms with Gasteiger partial charge in [0.2, 0.25) is 10.0 Å². The number of hydrogen-bond donors (Lipinski definition) is 1. The van der Waals surface area contributed by atoms with Gasteiger partial charge in [0.1, 0.15) is 0 Å². The first-order chi connectivity index (χ1) is 13.4. The third-order valence-corrected chi connectivity index (χ3v) is 6.54. The predicted octanol–water partition coefficient (Wildman–Crippen LogP) is 2.25. The van der Waals surface area contributed by atoms with Crippen molar-refractivity contribution in [2.24, 2.45) is 0 Å². The zero-order chi connectivity index (χ0) is 20.1. The molecule has 0 bridgehead atoms. The molecule has 1 N–H and O–H groups in total. The van der Waals surface area contributed by atoms with Crippen LogP contribution < -0.4 is 4.72 Å². The van der Waals surface area contributed by atoms with Crippen molar-refractivity contribution >= 4 is 15.9 Å². The molecule has 2 aromatic rings. The van der Waals surface area contributed by atoms with Crippen LogP contribution in [0.4, 0.5) is 0 Å². The van der Waals surface area contributed by atoms with Crippen molar-refractivity contribution in [1.82, 2.24) is 14.5 Å². The highest BCUT2D eigenvalue weighted by Gasteiger charge is 2.24. The molecule has 2 aromatic carbocycles. The molecule has 3 rings (SSSR count). The number of sulfonamides is 1. The minimum absolute atomic E-state index is 0.106. The van der Waals surface area contributed by atoms with Gasteiger partial charge >= 0.3 is 0 Å². The fraction of sp³-hybridized carbons (Fsp3) is 0.381. The SMILES string of the molecule is CCNS(=O)(=O)c1ccc(C)c(C(=O)N2CCN(Cc3ccccc3)CC2)c1. The number of amides is 1. The molecule has 1 heterocycles. The van der Waals surface area contributed by atoms with Crippen LogP contribution in [0.1, 0.15) is 28.4 Å². The van der Waals surface area contributed by atoms with Gasteiger partial charge in [-0.25, -0.2) is 13.1 Å². The van der Waals surface area contributed by atoms with Crippen LogP contribution in [0.3, 0.4) is 0 Å². The Balaban J connectivity index is 1.68. The van der Waals surface area contributed by atoms with Gasteiger partial charge in [0.05, 0.1) is 4.90 Å². The number of nitrogens with zero attached hydrogens (tertiary/aromatic N) is 2. The molecular weight excluding hydrogens is 374 g/mol. The topological polar surface area (TPSA) is 69.7 Å². The van der Waals surface area contributed by atoms with Crippen LogP contribution in [-0.2, 0) is 16.6 Å². The van der Waals surface area contributed by atoms with E-state index in [1.165, 1.54) is 11.6 Å². The molecule has 0 saturated carbocycles. The summed E-state index contributed by atoms with van der Waals surface area (Å²) in [6.07, 6.45) is 0. The Kier molecular flexibility index (Phi) is 6.49. The second-order valence-corrected chi connectivity index (χ2v) is 8.80. The number of rotatable bonds is 6. The van der Waals surface area contributed by atoms with Crippen LogP contribution >= 0.6 is 0 Å². The van der Waals surface area contributed by atoms with Crippen LogP contribution in [0.2, 0.25) is 0 Å². The monoisotopic (exact) mass is 401 g/mol. The first-order valence-corrected chi connectivity index (χ1v) is 11.0. The largest absolute Gasteiger partial charge is 0.336 e. The number of hydrogen-bond acceptors (Lipinski definition) is 4. The first-order valence-electron chi connectivity index (χ1n) is 9.56. The fourth-order valence-electron chi connectivity index (χ4n) is 3.39. The fourth-order valence-corrected chi connectivity index (χ4v) is 4.46. The Labute approximate surface area is 167 Å². The summed E-state index contributed by atoms with van der Waals surface area (Å²) in [7, 11) is -3.59. The highest BCUT2D eigenvalue weighted by Crippen LogP contribution is 2.19. The summed E-state index contributed by atoms with van der Waals surface area (Å²) in [5.74, 6) is -0.106. The van der Waals surface area contributed by atoms with Crippen LogP contribution in [-0.4, -0.2) is 56.8 Å². The third kappa shape index (κ3) is 4.79. The summed E-state index contributed by atoms with van der Waals surface area (Å²) in [6.45, 7) is 7.62. The molecule has 6 nitrogen and oxygen atoms in total. The molecule has 1 saturated heterocycles. The summed E-state index contributed by atoms with van der Waals surface area (Å²) in [6, 6.07) is 15.0. The molecule has 0 unspecified atom stereocenters. The maximum atomic E-state index is 13.0. The highest BCUT2D eigenvalue weighted by atomic mass is 32.2. The molecular formula is C21H27N3O3S. The van der Waals surface area contributed by atoms with Gasteiger partial charge in [0, 0.05) is 44.8 Å². The van der Waals surface area contributed by atoms with Gasteiger partial charge in [-0.1, -0.05) is 43.3 Å². The van der Waals surface area contributed by atoms with Crippen LogP contribution in [0.5, 0.6) is 0 Å². The Morgan fingerprint density at radius 3 is 2.36 bits per heavy atom. The Morgan fingerprint density at radius 1 is 1.04 bits per heavy atom. The van der Waals surface area contributed by atoms with Gasteiger partial charge in [-0.2, -0.15) is 0 Å². The molecule has 0 spiro atoms. The molecule has 150 valence electrons. The number of nitrogens with one attached hydrogen (secondary N) is 1. The van der Waals surface area contributed by atoms with Gasteiger partial charge in [-0.3, -0.25) is 9.69 Å². The van der Waals surface area contributed by atoms with Crippen molar-refractivity contribution in [3.63, 3.8) is 0 Å². The minimum atomic E-state index is -3.59. The summed E-state index contributed by atoms with van der Waals surface area (Å²) in [5.41, 5.74) is 2.50. The van der Waals surface area contributed by atoms with Crippen molar-refractivity contribution in [2.75, 3.05) is 32.7 Å². The number of aryl methyl sites for hydroxylation is 1. The lowest BCUT2D eigenvalue weighted by Gasteiger charge is -2.35. The lowest BCUT2D eigenvalue weighted by atomic mass is 10.1. The van der Waals surface area contributed by atoms with Gasteiger partial charge in [0.25, 0.3) is 5.91 Å². The van der Waals surface area contributed by atoms with E-state index in [9.17, 15) is 13.2 Å². The smallest absolute Gasteiger partial charge is 0.254 e. The molecule has 1 aliphatic heterocycles. The molecule has 0 aromatic heterocycles. The Morgan fingerprint density at radius 2 is 1.71 bits per heavy atom. The third-order valence-electron chi connectivity index (χ3n) is 4.99. The normalized spacial score (nSPS) is 15.6. The number of piperazine rings is 1. The van der Waals surface area contributed by atoms with E-state index in [0.717, 1.165) is 25.2 Å². The Bertz CT molecular complexity index is 921. The van der Waals surface area contributed by atoms with Crippen molar-refractivity contribution < 1.29 is 13.2 Å². The molecule has 28 heavy (non-hydrogen) atoms.